The number of rotatable bonds is 8. The molecule has 0 aliphatic carbocycles. The van der Waals surface area contributed by atoms with Gasteiger partial charge in [-0.05, 0) is 38.4 Å². The summed E-state index contributed by atoms with van der Waals surface area (Å²) in [6.07, 6.45) is 4.02. The summed E-state index contributed by atoms with van der Waals surface area (Å²) in [5.41, 5.74) is 1.13. The van der Waals surface area contributed by atoms with Crippen LogP contribution in [0.2, 0.25) is 0 Å². The lowest BCUT2D eigenvalue weighted by Crippen LogP contribution is -2.42. The van der Waals surface area contributed by atoms with Gasteiger partial charge in [0.05, 0.1) is 13.2 Å². The molecule has 1 unspecified atom stereocenters. The molecule has 25 heavy (non-hydrogen) atoms. The molecular weight excluding hydrogens is 427 g/mol. The van der Waals surface area contributed by atoms with Crippen LogP contribution in [-0.2, 0) is 0 Å². The Kier molecular flexibility index (Phi) is 11.9. The molecule has 3 N–H and O–H groups in total. The summed E-state index contributed by atoms with van der Waals surface area (Å²) in [4.78, 5) is 7.17. The average molecular weight is 460 g/mol. The molecule has 1 saturated heterocycles. The maximum Gasteiger partial charge on any atom is 0.191 e. The monoisotopic (exact) mass is 460 g/mol. The molecule has 6 heteroatoms. The van der Waals surface area contributed by atoms with Gasteiger partial charge >= 0.3 is 0 Å². The average Bonchev–Trinajstić information content (AvgIpc) is 2.64. The molecule has 0 aromatic heterocycles. The molecule has 142 valence electrons. The molecule has 0 bridgehead atoms. The molecule has 1 aromatic rings. The Morgan fingerprint density at radius 2 is 1.88 bits per heavy atom. The van der Waals surface area contributed by atoms with E-state index in [1.54, 1.807) is 0 Å². The summed E-state index contributed by atoms with van der Waals surface area (Å²) < 4.78 is 0. The van der Waals surface area contributed by atoms with Crippen LogP contribution in [0.25, 0.3) is 0 Å². The second-order valence-electron chi connectivity index (χ2n) is 6.34. The lowest BCUT2D eigenvalue weighted by molar-refractivity contribution is 0.232. The van der Waals surface area contributed by atoms with Crippen molar-refractivity contribution in [3.8, 4) is 0 Å². The highest BCUT2D eigenvalue weighted by Crippen LogP contribution is 2.14. The number of hydrogen-bond donors (Lipinski definition) is 3. The number of benzene rings is 1. The van der Waals surface area contributed by atoms with E-state index in [1.165, 1.54) is 32.4 Å². The highest BCUT2D eigenvalue weighted by Gasteiger charge is 2.11. The van der Waals surface area contributed by atoms with Crippen molar-refractivity contribution in [3.05, 3.63) is 35.9 Å². The molecule has 0 spiro atoms. The van der Waals surface area contributed by atoms with E-state index >= 15 is 0 Å². The fraction of sp³-hybridized carbons (Fsp3) is 0.632. The molecule has 1 fully saturated rings. The molecule has 1 aliphatic heterocycles. The van der Waals surface area contributed by atoms with Crippen molar-refractivity contribution in [3.63, 3.8) is 0 Å². The van der Waals surface area contributed by atoms with Gasteiger partial charge in [0.2, 0.25) is 0 Å². The normalized spacial score (nSPS) is 16.8. The number of likely N-dealkylation sites (tertiary alicyclic amines) is 1. The van der Waals surface area contributed by atoms with Crippen LogP contribution in [0.5, 0.6) is 0 Å². The van der Waals surface area contributed by atoms with E-state index in [1.807, 2.05) is 30.3 Å². The first kappa shape index (κ1) is 22.2. The molecule has 2 rings (SSSR count). The summed E-state index contributed by atoms with van der Waals surface area (Å²) in [6.45, 7) is 8.01. The molecular formula is C19H33IN4O. The highest BCUT2D eigenvalue weighted by atomic mass is 127. The number of nitrogens with one attached hydrogen (secondary N) is 2. The van der Waals surface area contributed by atoms with E-state index < -0.39 is 0 Å². The molecule has 0 saturated carbocycles. The standard InChI is InChI=1S/C19H32N4O.HI/c1-2-20-19(21-11-14-23-12-7-4-8-13-23)22-15-18(16-24)17-9-5-3-6-10-17;/h3,5-6,9-10,18,24H,2,4,7-8,11-16H2,1H3,(H2,20,21,22);1H. The zero-order valence-electron chi connectivity index (χ0n) is 15.3. The predicted molar refractivity (Wildman–Crippen MR) is 116 cm³/mol. The second kappa shape index (κ2) is 13.4. The van der Waals surface area contributed by atoms with Crippen LogP contribution >= 0.6 is 24.0 Å². The smallest absolute Gasteiger partial charge is 0.191 e. The quantitative estimate of drug-likeness (QED) is 0.317. The molecule has 0 radical (unpaired) electrons. The maximum absolute atomic E-state index is 9.65. The van der Waals surface area contributed by atoms with Gasteiger partial charge in [-0.3, -0.25) is 4.99 Å². The Bertz CT molecular complexity index is 478. The Morgan fingerprint density at radius 3 is 2.52 bits per heavy atom. The third-order valence-electron chi connectivity index (χ3n) is 4.47. The van der Waals surface area contributed by atoms with Gasteiger partial charge in [-0.1, -0.05) is 36.8 Å². The number of halogens is 1. The number of hydrogen-bond acceptors (Lipinski definition) is 3. The van der Waals surface area contributed by atoms with Crippen molar-refractivity contribution in [2.45, 2.75) is 32.1 Å². The Morgan fingerprint density at radius 1 is 1.16 bits per heavy atom. The van der Waals surface area contributed by atoms with Crippen molar-refractivity contribution in [1.29, 1.82) is 0 Å². The van der Waals surface area contributed by atoms with Crippen LogP contribution in [0.3, 0.4) is 0 Å². The molecule has 5 nitrogen and oxygen atoms in total. The van der Waals surface area contributed by atoms with Crippen LogP contribution in [0.15, 0.2) is 35.3 Å². The maximum atomic E-state index is 9.65. The lowest BCUT2D eigenvalue weighted by Gasteiger charge is -2.26. The van der Waals surface area contributed by atoms with E-state index in [9.17, 15) is 5.11 Å². The third-order valence-corrected chi connectivity index (χ3v) is 4.47. The molecule has 1 atom stereocenters. The van der Waals surface area contributed by atoms with Gasteiger partial charge in [0, 0.05) is 25.6 Å². The first-order valence-corrected chi connectivity index (χ1v) is 9.23. The minimum absolute atomic E-state index is 0. The zero-order chi connectivity index (χ0) is 17.0. The summed E-state index contributed by atoms with van der Waals surface area (Å²) in [6, 6.07) is 10.1. The van der Waals surface area contributed by atoms with Crippen LogP contribution in [-0.4, -0.2) is 61.8 Å². The van der Waals surface area contributed by atoms with Crippen LogP contribution in [0.1, 0.15) is 37.7 Å². The van der Waals surface area contributed by atoms with Crippen LogP contribution in [0.4, 0.5) is 0 Å². The summed E-state index contributed by atoms with van der Waals surface area (Å²) in [5.74, 6) is 0.882. The van der Waals surface area contributed by atoms with Crippen LogP contribution < -0.4 is 10.6 Å². The number of aliphatic hydroxyl groups excluding tert-OH is 1. The van der Waals surface area contributed by atoms with Gasteiger partial charge in [-0.15, -0.1) is 24.0 Å². The third kappa shape index (κ3) is 8.37. The van der Waals surface area contributed by atoms with E-state index in [0.29, 0.717) is 6.54 Å². The Balaban J connectivity index is 0.00000312. The molecule has 1 heterocycles. The Hall–Kier alpha value is -0.860. The number of guanidine groups is 1. The van der Waals surface area contributed by atoms with Crippen molar-refractivity contribution < 1.29 is 5.11 Å². The van der Waals surface area contributed by atoms with Crippen molar-refractivity contribution in [1.82, 2.24) is 15.5 Å². The summed E-state index contributed by atoms with van der Waals surface area (Å²) >= 11 is 0. The van der Waals surface area contributed by atoms with E-state index in [0.717, 1.165) is 31.2 Å². The predicted octanol–water partition coefficient (Wildman–Crippen LogP) is 2.42. The molecule has 1 aliphatic rings. The molecule has 1 aromatic carbocycles. The van der Waals surface area contributed by atoms with Gasteiger partial charge in [-0.2, -0.15) is 0 Å². The summed E-state index contributed by atoms with van der Waals surface area (Å²) in [7, 11) is 0. The second-order valence-corrected chi connectivity index (χ2v) is 6.34. The largest absolute Gasteiger partial charge is 0.396 e. The van der Waals surface area contributed by atoms with Gasteiger partial charge in [-0.25, -0.2) is 0 Å². The zero-order valence-corrected chi connectivity index (χ0v) is 17.6. The number of piperidine rings is 1. The van der Waals surface area contributed by atoms with Crippen molar-refractivity contribution in [2.75, 3.05) is 45.9 Å². The first-order chi connectivity index (χ1) is 11.8. The van der Waals surface area contributed by atoms with Gasteiger partial charge < -0.3 is 20.6 Å². The number of aliphatic imine (C=N–C) groups is 1. The lowest BCUT2D eigenvalue weighted by atomic mass is 10.0. The van der Waals surface area contributed by atoms with Crippen LogP contribution in [0, 0.1) is 0 Å². The minimum atomic E-state index is 0. The first-order valence-electron chi connectivity index (χ1n) is 9.23. The number of aliphatic hydroxyl groups is 1. The highest BCUT2D eigenvalue weighted by molar-refractivity contribution is 14.0. The van der Waals surface area contributed by atoms with E-state index in [4.69, 9.17) is 0 Å². The number of nitrogens with zero attached hydrogens (tertiary/aromatic N) is 2. The van der Waals surface area contributed by atoms with Gasteiger partial charge in [0.25, 0.3) is 0 Å². The fourth-order valence-corrected chi connectivity index (χ4v) is 3.05. The Labute approximate surface area is 169 Å². The minimum Gasteiger partial charge on any atom is -0.396 e. The topological polar surface area (TPSA) is 59.9 Å². The summed E-state index contributed by atoms with van der Waals surface area (Å²) in [5, 5.41) is 16.4. The molecule has 0 amide bonds. The van der Waals surface area contributed by atoms with Crippen molar-refractivity contribution >= 4 is 29.9 Å². The fourth-order valence-electron chi connectivity index (χ4n) is 3.05. The van der Waals surface area contributed by atoms with Gasteiger partial charge in [0.15, 0.2) is 5.96 Å². The SMILES string of the molecule is CCNC(=NCC(CO)c1ccccc1)NCCN1CCCCC1.I. The van der Waals surface area contributed by atoms with E-state index in [2.05, 4.69) is 27.4 Å². The van der Waals surface area contributed by atoms with Crippen molar-refractivity contribution in [2.24, 2.45) is 4.99 Å². The van der Waals surface area contributed by atoms with E-state index in [-0.39, 0.29) is 36.5 Å². The van der Waals surface area contributed by atoms with Gasteiger partial charge in [0.1, 0.15) is 0 Å².